The summed E-state index contributed by atoms with van der Waals surface area (Å²) in [5.74, 6) is 0. The molecule has 0 spiro atoms. The lowest BCUT2D eigenvalue weighted by molar-refractivity contribution is 0.195. The van der Waals surface area contributed by atoms with Crippen molar-refractivity contribution in [2.75, 3.05) is 13.2 Å². The lowest BCUT2D eigenvalue weighted by Crippen LogP contribution is -2.23. The van der Waals surface area contributed by atoms with Crippen LogP contribution in [0.1, 0.15) is 45.1 Å². The van der Waals surface area contributed by atoms with Crippen LogP contribution in [0.25, 0.3) is 0 Å². The summed E-state index contributed by atoms with van der Waals surface area (Å²) in [5.41, 5.74) is 1.32. The van der Waals surface area contributed by atoms with Gasteiger partial charge in [-0.15, -0.1) is 0 Å². The summed E-state index contributed by atoms with van der Waals surface area (Å²) in [6, 6.07) is 9.25. The average molecular weight is 315 g/mol. The predicted octanol–water partition coefficient (Wildman–Crippen LogP) is 4.74. The zero-order chi connectivity index (χ0) is 14.6. The minimum Gasteiger partial charge on any atom is -0.397 e. The van der Waals surface area contributed by atoms with E-state index in [0.29, 0.717) is 0 Å². The Labute approximate surface area is 130 Å². The smallest absolute Gasteiger partial charge is 0.321 e. The third-order valence-electron chi connectivity index (χ3n) is 3.06. The first-order valence-corrected chi connectivity index (χ1v) is 9.87. The third-order valence-corrected chi connectivity index (χ3v) is 5.39. The van der Waals surface area contributed by atoms with E-state index in [-0.39, 0.29) is 0 Å². The van der Waals surface area contributed by atoms with Crippen molar-refractivity contribution in [2.45, 2.75) is 52.0 Å². The molecule has 1 aromatic rings. The molecule has 0 atom stereocenters. The summed E-state index contributed by atoms with van der Waals surface area (Å²) in [4.78, 5) is 0. The normalized spacial score (nSPS) is 11.2. The second kappa shape index (κ2) is 11.3. The Balaban J connectivity index is 2.21. The van der Waals surface area contributed by atoms with Crippen molar-refractivity contribution in [2.24, 2.45) is 0 Å². The van der Waals surface area contributed by atoms with Crippen molar-refractivity contribution < 1.29 is 8.85 Å². The molecule has 0 amide bonds. The second-order valence-corrected chi connectivity index (χ2v) is 7.59. The lowest BCUT2D eigenvalue weighted by atomic mass is 10.1. The molecule has 0 saturated heterocycles. The molecule has 0 radical (unpaired) electrons. The summed E-state index contributed by atoms with van der Waals surface area (Å²) in [6.45, 7) is 5.97. The van der Waals surface area contributed by atoms with Crippen LogP contribution >= 0.6 is 11.6 Å². The molecule has 0 heterocycles. The van der Waals surface area contributed by atoms with Gasteiger partial charge in [0, 0.05) is 18.2 Å². The van der Waals surface area contributed by atoms with Gasteiger partial charge in [-0.05, 0) is 49.4 Å². The molecule has 20 heavy (non-hydrogen) atoms. The van der Waals surface area contributed by atoms with Crippen LogP contribution in [0.4, 0.5) is 0 Å². The highest BCUT2D eigenvalue weighted by atomic mass is 35.5. The van der Waals surface area contributed by atoms with E-state index in [2.05, 4.69) is 26.0 Å². The minimum atomic E-state index is -1.43. The SMILES string of the molecule is CCCO[SiH](CCCCc1cccc(Cl)c1)OCCC. The lowest BCUT2D eigenvalue weighted by Gasteiger charge is -2.16. The Morgan fingerprint density at radius 1 is 1.05 bits per heavy atom. The number of rotatable bonds is 11. The van der Waals surface area contributed by atoms with Gasteiger partial charge in [0.25, 0.3) is 0 Å². The molecule has 4 heteroatoms. The van der Waals surface area contributed by atoms with Crippen LogP contribution in [0.2, 0.25) is 11.1 Å². The van der Waals surface area contributed by atoms with Crippen molar-refractivity contribution in [1.82, 2.24) is 0 Å². The standard InChI is InChI=1S/C16H27ClO2Si/c1-3-11-18-20(19-12-4-2)13-6-5-8-15-9-7-10-16(17)14-15/h7,9-10,14,20H,3-6,8,11-13H2,1-2H3. The van der Waals surface area contributed by atoms with Gasteiger partial charge in [-0.2, -0.15) is 0 Å². The van der Waals surface area contributed by atoms with Gasteiger partial charge in [0.1, 0.15) is 0 Å². The van der Waals surface area contributed by atoms with Gasteiger partial charge in [0.15, 0.2) is 0 Å². The molecule has 0 aromatic heterocycles. The van der Waals surface area contributed by atoms with Gasteiger partial charge < -0.3 is 8.85 Å². The molecule has 0 aliphatic heterocycles. The number of unbranched alkanes of at least 4 members (excludes halogenated alkanes) is 1. The predicted molar refractivity (Wildman–Crippen MR) is 88.8 cm³/mol. The molecule has 0 N–H and O–H groups in total. The quantitative estimate of drug-likeness (QED) is 0.434. The van der Waals surface area contributed by atoms with Crippen LogP contribution in [0.3, 0.4) is 0 Å². The van der Waals surface area contributed by atoms with Crippen LogP contribution in [0, 0.1) is 0 Å². The molecule has 114 valence electrons. The highest BCUT2D eigenvalue weighted by Crippen LogP contribution is 2.14. The molecule has 0 aliphatic carbocycles. The van der Waals surface area contributed by atoms with Crippen molar-refractivity contribution in [3.8, 4) is 0 Å². The van der Waals surface area contributed by atoms with E-state index in [9.17, 15) is 0 Å². The Hall–Kier alpha value is -0.353. The Morgan fingerprint density at radius 2 is 1.75 bits per heavy atom. The molecule has 1 rings (SSSR count). The van der Waals surface area contributed by atoms with Crippen LogP contribution in [0.15, 0.2) is 24.3 Å². The zero-order valence-corrected chi connectivity index (χ0v) is 14.6. The van der Waals surface area contributed by atoms with Gasteiger partial charge in [-0.1, -0.05) is 44.0 Å². The fourth-order valence-electron chi connectivity index (χ4n) is 2.05. The third kappa shape index (κ3) is 8.05. The maximum Gasteiger partial charge on any atom is 0.321 e. The number of hydrogen-bond acceptors (Lipinski definition) is 2. The average Bonchev–Trinajstić information content (AvgIpc) is 2.45. The van der Waals surface area contributed by atoms with E-state index < -0.39 is 9.28 Å². The maximum absolute atomic E-state index is 5.99. The molecular formula is C16H27ClO2Si. The first-order valence-electron chi connectivity index (χ1n) is 7.74. The molecular weight excluding hydrogens is 288 g/mol. The number of aryl methyl sites for hydroxylation is 1. The number of halogens is 1. The molecule has 0 fully saturated rings. The van der Waals surface area contributed by atoms with Crippen molar-refractivity contribution in [3.63, 3.8) is 0 Å². The highest BCUT2D eigenvalue weighted by molar-refractivity contribution is 6.44. The number of hydrogen-bond donors (Lipinski definition) is 0. The zero-order valence-electron chi connectivity index (χ0n) is 12.7. The maximum atomic E-state index is 5.99. The monoisotopic (exact) mass is 314 g/mol. The topological polar surface area (TPSA) is 18.5 Å². The van der Waals surface area contributed by atoms with Gasteiger partial charge in [-0.25, -0.2) is 0 Å². The fraction of sp³-hybridized carbons (Fsp3) is 0.625. The van der Waals surface area contributed by atoms with E-state index in [0.717, 1.165) is 43.5 Å². The van der Waals surface area contributed by atoms with Gasteiger partial charge >= 0.3 is 9.28 Å². The van der Waals surface area contributed by atoms with Crippen LogP contribution in [0.5, 0.6) is 0 Å². The Bertz CT molecular complexity index is 352. The molecule has 0 bridgehead atoms. The van der Waals surface area contributed by atoms with Crippen LogP contribution in [-0.2, 0) is 15.3 Å². The molecule has 0 aliphatic rings. The first kappa shape index (κ1) is 17.7. The number of benzene rings is 1. The van der Waals surface area contributed by atoms with Crippen LogP contribution < -0.4 is 0 Å². The van der Waals surface area contributed by atoms with Crippen LogP contribution in [-0.4, -0.2) is 22.5 Å². The molecule has 2 nitrogen and oxygen atoms in total. The second-order valence-electron chi connectivity index (χ2n) is 5.05. The molecule has 0 unspecified atom stereocenters. The Kier molecular flexibility index (Phi) is 10.0. The largest absolute Gasteiger partial charge is 0.397 e. The molecule has 1 aromatic carbocycles. The first-order chi connectivity index (χ1) is 9.76. The summed E-state index contributed by atoms with van der Waals surface area (Å²) >= 11 is 5.99. The van der Waals surface area contributed by atoms with E-state index in [4.69, 9.17) is 20.5 Å². The molecule has 0 saturated carbocycles. The van der Waals surface area contributed by atoms with E-state index >= 15 is 0 Å². The summed E-state index contributed by atoms with van der Waals surface area (Å²) in [5, 5.41) is 0.826. The van der Waals surface area contributed by atoms with E-state index in [1.165, 1.54) is 18.4 Å². The fourth-order valence-corrected chi connectivity index (χ4v) is 4.31. The minimum absolute atomic E-state index is 0.826. The van der Waals surface area contributed by atoms with Gasteiger partial charge in [0.2, 0.25) is 0 Å². The summed E-state index contributed by atoms with van der Waals surface area (Å²) < 4.78 is 11.7. The van der Waals surface area contributed by atoms with Gasteiger partial charge in [-0.3, -0.25) is 0 Å². The van der Waals surface area contributed by atoms with E-state index in [1.807, 2.05) is 12.1 Å². The van der Waals surface area contributed by atoms with Crippen molar-refractivity contribution in [1.29, 1.82) is 0 Å². The van der Waals surface area contributed by atoms with E-state index in [1.54, 1.807) is 0 Å². The summed E-state index contributed by atoms with van der Waals surface area (Å²) in [7, 11) is -1.43. The van der Waals surface area contributed by atoms with Gasteiger partial charge in [0.05, 0.1) is 0 Å². The Morgan fingerprint density at radius 3 is 2.35 bits per heavy atom. The van der Waals surface area contributed by atoms with Crippen molar-refractivity contribution >= 4 is 20.9 Å². The summed E-state index contributed by atoms with van der Waals surface area (Å²) in [6.07, 6.45) is 5.58. The highest BCUT2D eigenvalue weighted by Gasteiger charge is 2.12. The van der Waals surface area contributed by atoms with Crippen molar-refractivity contribution in [3.05, 3.63) is 34.9 Å².